The maximum atomic E-state index is 11.7. The van der Waals surface area contributed by atoms with E-state index in [9.17, 15) is 4.79 Å². The van der Waals surface area contributed by atoms with Crippen LogP contribution in [0.3, 0.4) is 0 Å². The molecule has 0 aromatic heterocycles. The van der Waals surface area contributed by atoms with Crippen molar-refractivity contribution in [1.82, 2.24) is 0 Å². The lowest BCUT2D eigenvalue weighted by Gasteiger charge is -2.06. The Balaban J connectivity index is 3.29. The van der Waals surface area contributed by atoms with Crippen molar-refractivity contribution in [2.75, 3.05) is 13.2 Å². The van der Waals surface area contributed by atoms with Gasteiger partial charge in [0, 0.05) is 0 Å². The summed E-state index contributed by atoms with van der Waals surface area (Å²) in [6.45, 7) is 5.37. The van der Waals surface area contributed by atoms with Gasteiger partial charge in [0.2, 0.25) is 0 Å². The van der Waals surface area contributed by atoms with Crippen LogP contribution < -0.4 is 0 Å². The average Bonchev–Trinajstić information content (AvgIpc) is 2.96. The molecule has 0 unspecified atom stereocenters. The highest BCUT2D eigenvalue weighted by Gasteiger charge is 2.03. The molecular weight excluding hydrogens is 492 g/mol. The van der Waals surface area contributed by atoms with Gasteiger partial charge in [-0.05, 0) is 77.0 Å². The molecule has 0 rings (SSSR count). The number of rotatable bonds is 29. The predicted octanol–water partition coefficient (Wildman–Crippen LogP) is 12.5. The molecule has 0 aliphatic rings. The first-order chi connectivity index (χ1) is 19.8. The van der Waals surface area contributed by atoms with Crippen LogP contribution >= 0.6 is 0 Å². The van der Waals surface area contributed by atoms with Crippen molar-refractivity contribution in [1.29, 1.82) is 0 Å². The fraction of sp³-hybridized carbons (Fsp3) is 0.703. The molecule has 0 saturated heterocycles. The molecule has 0 radical (unpaired) electrons. The molecule has 0 bridgehead atoms. The first-order valence-electron chi connectivity index (χ1n) is 16.9. The number of unbranched alkanes of at least 4 members (excludes halogenated alkanes) is 15. The molecule has 3 nitrogen and oxygen atoms in total. The predicted molar refractivity (Wildman–Crippen MR) is 176 cm³/mol. The van der Waals surface area contributed by atoms with Gasteiger partial charge < -0.3 is 9.47 Å². The molecule has 230 valence electrons. The van der Waals surface area contributed by atoms with Gasteiger partial charge in [-0.15, -0.1) is 0 Å². The fourth-order valence-electron chi connectivity index (χ4n) is 4.34. The van der Waals surface area contributed by atoms with Crippen LogP contribution in [-0.2, 0) is 9.47 Å². The van der Waals surface area contributed by atoms with E-state index in [0.29, 0.717) is 13.2 Å². The monoisotopic (exact) mass is 556 g/mol. The molecule has 0 atom stereocenters. The van der Waals surface area contributed by atoms with E-state index in [-0.39, 0.29) is 0 Å². The minimum Gasteiger partial charge on any atom is -0.434 e. The Morgan fingerprint density at radius 3 is 1.20 bits per heavy atom. The van der Waals surface area contributed by atoms with Crippen LogP contribution in [0.15, 0.2) is 60.8 Å². The van der Waals surface area contributed by atoms with Crippen LogP contribution in [-0.4, -0.2) is 19.4 Å². The van der Waals surface area contributed by atoms with Crippen LogP contribution in [0.2, 0.25) is 0 Å². The Bertz CT molecular complexity index is 656. The fourth-order valence-corrected chi connectivity index (χ4v) is 4.34. The van der Waals surface area contributed by atoms with E-state index in [1.165, 1.54) is 89.9 Å². The first-order valence-corrected chi connectivity index (χ1v) is 16.9. The molecule has 0 fully saturated rings. The lowest BCUT2D eigenvalue weighted by atomic mass is 10.1. The van der Waals surface area contributed by atoms with Crippen LogP contribution in [0.25, 0.3) is 0 Å². The van der Waals surface area contributed by atoms with E-state index < -0.39 is 6.16 Å². The SMILES string of the molecule is CC/C=C\C/C=C\C/C=C\CCCCCCCCOC(=O)OCCCCCCCC/C=C\C/C=C\CCCCC. The zero-order chi connectivity index (χ0) is 29.0. The van der Waals surface area contributed by atoms with E-state index >= 15 is 0 Å². The Morgan fingerprint density at radius 1 is 0.425 bits per heavy atom. The third kappa shape index (κ3) is 34.0. The zero-order valence-corrected chi connectivity index (χ0v) is 26.5. The van der Waals surface area contributed by atoms with Gasteiger partial charge in [0.05, 0.1) is 13.2 Å². The molecule has 0 saturated carbocycles. The Hall–Kier alpha value is -2.03. The summed E-state index contributed by atoms with van der Waals surface area (Å²) in [5.74, 6) is 0. The molecule has 0 amide bonds. The summed E-state index contributed by atoms with van der Waals surface area (Å²) in [4.78, 5) is 11.7. The third-order valence-corrected chi connectivity index (χ3v) is 6.83. The second-order valence-corrected chi connectivity index (χ2v) is 10.7. The lowest BCUT2D eigenvalue weighted by Crippen LogP contribution is -2.09. The van der Waals surface area contributed by atoms with Gasteiger partial charge in [0.15, 0.2) is 0 Å². The maximum absolute atomic E-state index is 11.7. The summed E-state index contributed by atoms with van der Waals surface area (Å²) >= 11 is 0. The number of allylic oxidation sites excluding steroid dienone is 10. The summed E-state index contributed by atoms with van der Waals surface area (Å²) in [6, 6.07) is 0. The Morgan fingerprint density at radius 2 is 0.775 bits per heavy atom. The summed E-state index contributed by atoms with van der Waals surface area (Å²) in [6.07, 6.45) is 48.2. The van der Waals surface area contributed by atoms with Crippen molar-refractivity contribution in [2.24, 2.45) is 0 Å². The van der Waals surface area contributed by atoms with Gasteiger partial charge in [-0.1, -0.05) is 139 Å². The molecule has 0 aromatic carbocycles. The standard InChI is InChI=1S/C37H64O3/c1-3-5-7-9-11-13-15-17-19-21-23-25-27-29-31-33-35-39-37(38)40-36-34-32-30-28-26-24-22-20-18-16-14-12-10-8-6-4-2/h5,7,11-14,17-20H,3-4,6,8-10,15-16,21-36H2,1-2H3/b7-5-,13-11-,14-12-,19-17-,20-18-. The smallest absolute Gasteiger partial charge is 0.434 e. The van der Waals surface area contributed by atoms with Gasteiger partial charge >= 0.3 is 6.16 Å². The largest absolute Gasteiger partial charge is 0.508 e. The van der Waals surface area contributed by atoms with Gasteiger partial charge in [-0.25, -0.2) is 4.79 Å². The van der Waals surface area contributed by atoms with E-state index in [4.69, 9.17) is 9.47 Å². The van der Waals surface area contributed by atoms with Crippen molar-refractivity contribution < 1.29 is 14.3 Å². The summed E-state index contributed by atoms with van der Waals surface area (Å²) in [5, 5.41) is 0. The molecule has 3 heteroatoms. The summed E-state index contributed by atoms with van der Waals surface area (Å²) < 4.78 is 10.4. The molecule has 40 heavy (non-hydrogen) atoms. The highest BCUT2D eigenvalue weighted by Crippen LogP contribution is 2.10. The van der Waals surface area contributed by atoms with E-state index in [1.54, 1.807) is 0 Å². The van der Waals surface area contributed by atoms with E-state index in [0.717, 1.165) is 51.4 Å². The van der Waals surface area contributed by atoms with E-state index in [2.05, 4.69) is 74.6 Å². The van der Waals surface area contributed by atoms with Crippen molar-refractivity contribution in [3.05, 3.63) is 60.8 Å². The summed E-state index contributed by atoms with van der Waals surface area (Å²) in [7, 11) is 0. The number of hydrogen-bond acceptors (Lipinski definition) is 3. The Labute approximate surface area is 249 Å². The summed E-state index contributed by atoms with van der Waals surface area (Å²) in [5.41, 5.74) is 0. The number of carbonyl (C=O) groups is 1. The highest BCUT2D eigenvalue weighted by atomic mass is 16.7. The molecular formula is C37H64O3. The van der Waals surface area contributed by atoms with Crippen LogP contribution in [0.1, 0.15) is 155 Å². The number of carbonyl (C=O) groups excluding carboxylic acids is 1. The lowest BCUT2D eigenvalue weighted by molar-refractivity contribution is 0.0529. The van der Waals surface area contributed by atoms with Gasteiger partial charge in [0.25, 0.3) is 0 Å². The second-order valence-electron chi connectivity index (χ2n) is 10.7. The van der Waals surface area contributed by atoms with Crippen LogP contribution in [0.4, 0.5) is 4.79 Å². The molecule has 0 aromatic rings. The topological polar surface area (TPSA) is 35.5 Å². The van der Waals surface area contributed by atoms with Gasteiger partial charge in [0.1, 0.15) is 0 Å². The van der Waals surface area contributed by atoms with Crippen molar-refractivity contribution in [2.45, 2.75) is 155 Å². The average molecular weight is 557 g/mol. The second kappa shape index (κ2) is 35.0. The number of hydrogen-bond donors (Lipinski definition) is 0. The number of ether oxygens (including phenoxy) is 2. The quantitative estimate of drug-likeness (QED) is 0.0522. The van der Waals surface area contributed by atoms with Gasteiger partial charge in [-0.3, -0.25) is 0 Å². The molecule has 0 aliphatic carbocycles. The van der Waals surface area contributed by atoms with Crippen LogP contribution in [0.5, 0.6) is 0 Å². The van der Waals surface area contributed by atoms with Crippen LogP contribution in [0, 0.1) is 0 Å². The van der Waals surface area contributed by atoms with Crippen molar-refractivity contribution >= 4 is 6.16 Å². The van der Waals surface area contributed by atoms with Crippen molar-refractivity contribution in [3.63, 3.8) is 0 Å². The van der Waals surface area contributed by atoms with Gasteiger partial charge in [-0.2, -0.15) is 0 Å². The molecule has 0 aliphatic heterocycles. The van der Waals surface area contributed by atoms with E-state index in [1.807, 2.05) is 0 Å². The first kappa shape index (κ1) is 38.0. The molecule has 0 N–H and O–H groups in total. The molecule has 0 spiro atoms. The van der Waals surface area contributed by atoms with Crippen molar-refractivity contribution in [3.8, 4) is 0 Å². The minimum absolute atomic E-state index is 0.479. The maximum Gasteiger partial charge on any atom is 0.508 e. The Kier molecular flexibility index (Phi) is 33.2. The zero-order valence-electron chi connectivity index (χ0n) is 26.5. The third-order valence-electron chi connectivity index (χ3n) is 6.83. The normalized spacial score (nSPS) is 12.2. The minimum atomic E-state index is -0.498. The highest BCUT2D eigenvalue weighted by molar-refractivity contribution is 5.59. The molecule has 0 heterocycles.